The lowest BCUT2D eigenvalue weighted by molar-refractivity contribution is 0.0183. The standard InChI is InChI=1S/C12H21F2N3O/c1-8(15-5-6-18-7-11(13)14)12-9(2)16-17(4)10(12)3/h8,11,15H,5-7H2,1-4H3. The number of ether oxygens (including phenoxy) is 1. The lowest BCUT2D eigenvalue weighted by Crippen LogP contribution is -2.25. The fraction of sp³-hybridized carbons (Fsp3) is 0.750. The van der Waals surface area contributed by atoms with E-state index in [-0.39, 0.29) is 12.6 Å². The topological polar surface area (TPSA) is 39.1 Å². The molecule has 0 radical (unpaired) electrons. The maximum Gasteiger partial charge on any atom is 0.261 e. The zero-order chi connectivity index (χ0) is 13.7. The van der Waals surface area contributed by atoms with Gasteiger partial charge in [-0.05, 0) is 20.8 Å². The Kier molecular flexibility index (Phi) is 5.68. The van der Waals surface area contributed by atoms with Gasteiger partial charge in [0, 0.05) is 30.9 Å². The zero-order valence-corrected chi connectivity index (χ0v) is 11.3. The Bertz CT molecular complexity index is 380. The quantitative estimate of drug-likeness (QED) is 0.763. The van der Waals surface area contributed by atoms with Crippen LogP contribution in [0.5, 0.6) is 0 Å². The highest BCUT2D eigenvalue weighted by molar-refractivity contribution is 5.27. The van der Waals surface area contributed by atoms with Gasteiger partial charge < -0.3 is 10.1 Å². The highest BCUT2D eigenvalue weighted by atomic mass is 19.3. The molecule has 1 unspecified atom stereocenters. The van der Waals surface area contributed by atoms with Gasteiger partial charge in [0.25, 0.3) is 6.43 Å². The molecule has 6 heteroatoms. The number of rotatable bonds is 7. The monoisotopic (exact) mass is 261 g/mol. The first-order chi connectivity index (χ1) is 8.43. The average Bonchev–Trinajstić information content (AvgIpc) is 2.52. The Morgan fingerprint density at radius 3 is 2.56 bits per heavy atom. The van der Waals surface area contributed by atoms with Crippen LogP contribution in [0, 0.1) is 13.8 Å². The number of nitrogens with zero attached hydrogens (tertiary/aromatic N) is 2. The number of aryl methyl sites for hydroxylation is 2. The Hall–Kier alpha value is -1.01. The molecule has 0 spiro atoms. The number of nitrogens with one attached hydrogen (secondary N) is 1. The number of hydrogen-bond donors (Lipinski definition) is 1. The second-order valence-electron chi connectivity index (χ2n) is 4.35. The summed E-state index contributed by atoms with van der Waals surface area (Å²) in [5, 5.41) is 7.59. The van der Waals surface area contributed by atoms with Crippen molar-refractivity contribution in [3.63, 3.8) is 0 Å². The summed E-state index contributed by atoms with van der Waals surface area (Å²) in [6.07, 6.45) is -2.40. The summed E-state index contributed by atoms with van der Waals surface area (Å²) >= 11 is 0. The van der Waals surface area contributed by atoms with E-state index in [0.29, 0.717) is 6.54 Å². The van der Waals surface area contributed by atoms with Gasteiger partial charge in [-0.3, -0.25) is 4.68 Å². The van der Waals surface area contributed by atoms with Crippen molar-refractivity contribution < 1.29 is 13.5 Å². The highest BCUT2D eigenvalue weighted by Crippen LogP contribution is 2.20. The largest absolute Gasteiger partial charge is 0.374 e. The Balaban J connectivity index is 2.39. The lowest BCUT2D eigenvalue weighted by Gasteiger charge is -2.14. The van der Waals surface area contributed by atoms with Crippen molar-refractivity contribution in [2.45, 2.75) is 33.2 Å². The molecule has 0 aliphatic heterocycles. The molecule has 1 heterocycles. The van der Waals surface area contributed by atoms with Crippen molar-refractivity contribution in [3.8, 4) is 0 Å². The van der Waals surface area contributed by atoms with Crippen molar-refractivity contribution in [1.29, 1.82) is 0 Å². The second-order valence-corrected chi connectivity index (χ2v) is 4.35. The van der Waals surface area contributed by atoms with Crippen LogP contribution in [0.1, 0.15) is 29.9 Å². The van der Waals surface area contributed by atoms with Gasteiger partial charge in [-0.1, -0.05) is 0 Å². The number of aromatic nitrogens is 2. The van der Waals surface area contributed by atoms with Crippen LogP contribution in [0.15, 0.2) is 0 Å². The number of alkyl halides is 2. The first kappa shape index (κ1) is 15.0. The number of halogens is 2. The predicted octanol–water partition coefficient (Wildman–Crippen LogP) is 1.97. The van der Waals surface area contributed by atoms with Gasteiger partial charge in [-0.25, -0.2) is 8.78 Å². The van der Waals surface area contributed by atoms with Crippen LogP contribution in [-0.4, -0.2) is 36.0 Å². The maximum atomic E-state index is 11.8. The molecule has 1 atom stereocenters. The molecule has 0 fully saturated rings. The minimum absolute atomic E-state index is 0.133. The average molecular weight is 261 g/mol. The smallest absolute Gasteiger partial charge is 0.261 e. The van der Waals surface area contributed by atoms with Gasteiger partial charge in [0.1, 0.15) is 6.61 Å². The molecule has 18 heavy (non-hydrogen) atoms. The normalized spacial score (nSPS) is 13.3. The van der Waals surface area contributed by atoms with Gasteiger partial charge in [0.2, 0.25) is 0 Å². The molecule has 0 aromatic carbocycles. The minimum Gasteiger partial charge on any atom is -0.374 e. The van der Waals surface area contributed by atoms with E-state index in [1.54, 1.807) is 0 Å². The third-order valence-electron chi connectivity index (χ3n) is 2.94. The third kappa shape index (κ3) is 4.03. The molecule has 4 nitrogen and oxygen atoms in total. The van der Waals surface area contributed by atoms with E-state index < -0.39 is 13.0 Å². The second kappa shape index (κ2) is 6.80. The van der Waals surface area contributed by atoms with Crippen LogP contribution in [0.3, 0.4) is 0 Å². The molecule has 0 saturated carbocycles. The fourth-order valence-corrected chi connectivity index (χ4v) is 2.04. The first-order valence-corrected chi connectivity index (χ1v) is 6.02. The first-order valence-electron chi connectivity index (χ1n) is 6.02. The Morgan fingerprint density at radius 2 is 2.06 bits per heavy atom. The van der Waals surface area contributed by atoms with Crippen LogP contribution < -0.4 is 5.32 Å². The van der Waals surface area contributed by atoms with Crippen molar-refractivity contribution in [2.75, 3.05) is 19.8 Å². The molecular weight excluding hydrogens is 240 g/mol. The van der Waals surface area contributed by atoms with E-state index in [2.05, 4.69) is 10.4 Å². The van der Waals surface area contributed by atoms with Crippen LogP contribution in [0.25, 0.3) is 0 Å². The number of hydrogen-bond acceptors (Lipinski definition) is 3. The maximum absolute atomic E-state index is 11.8. The van der Waals surface area contributed by atoms with Crippen LogP contribution in [-0.2, 0) is 11.8 Å². The summed E-state index contributed by atoms with van der Waals surface area (Å²) < 4.78 is 30.3. The molecule has 1 N–H and O–H groups in total. The summed E-state index contributed by atoms with van der Waals surface area (Å²) in [5.41, 5.74) is 3.26. The van der Waals surface area contributed by atoms with Crippen molar-refractivity contribution in [2.24, 2.45) is 7.05 Å². The molecule has 0 bridgehead atoms. The highest BCUT2D eigenvalue weighted by Gasteiger charge is 2.15. The van der Waals surface area contributed by atoms with Crippen LogP contribution in [0.2, 0.25) is 0 Å². The molecule has 0 aliphatic rings. The van der Waals surface area contributed by atoms with Gasteiger partial charge >= 0.3 is 0 Å². The van der Waals surface area contributed by atoms with E-state index in [1.165, 1.54) is 0 Å². The van der Waals surface area contributed by atoms with E-state index in [0.717, 1.165) is 17.0 Å². The zero-order valence-electron chi connectivity index (χ0n) is 11.3. The Morgan fingerprint density at radius 1 is 1.39 bits per heavy atom. The molecule has 1 rings (SSSR count). The van der Waals surface area contributed by atoms with E-state index in [9.17, 15) is 8.78 Å². The summed E-state index contributed by atoms with van der Waals surface area (Å²) in [5.74, 6) is 0. The molecule has 1 aromatic heterocycles. The molecule has 0 saturated heterocycles. The van der Waals surface area contributed by atoms with E-state index >= 15 is 0 Å². The minimum atomic E-state index is -2.40. The van der Waals surface area contributed by atoms with Crippen molar-refractivity contribution in [1.82, 2.24) is 15.1 Å². The molecule has 1 aromatic rings. The van der Waals surface area contributed by atoms with E-state index in [4.69, 9.17) is 4.74 Å². The molecular formula is C12H21F2N3O. The van der Waals surface area contributed by atoms with E-state index in [1.807, 2.05) is 32.5 Å². The summed E-state index contributed by atoms with van der Waals surface area (Å²) in [6.45, 7) is 6.34. The third-order valence-corrected chi connectivity index (χ3v) is 2.94. The summed E-state index contributed by atoms with van der Waals surface area (Å²) in [7, 11) is 1.91. The molecule has 0 aliphatic carbocycles. The molecule has 0 amide bonds. The van der Waals surface area contributed by atoms with Crippen molar-refractivity contribution in [3.05, 3.63) is 17.0 Å². The SMILES string of the molecule is Cc1nn(C)c(C)c1C(C)NCCOCC(F)F. The van der Waals surface area contributed by atoms with Gasteiger partial charge in [-0.15, -0.1) is 0 Å². The van der Waals surface area contributed by atoms with Gasteiger partial charge in [0.15, 0.2) is 0 Å². The summed E-state index contributed by atoms with van der Waals surface area (Å²) in [6, 6.07) is 0.133. The van der Waals surface area contributed by atoms with Gasteiger partial charge in [0.05, 0.1) is 12.3 Å². The summed E-state index contributed by atoms with van der Waals surface area (Å²) in [4.78, 5) is 0. The predicted molar refractivity (Wildman–Crippen MR) is 65.9 cm³/mol. The van der Waals surface area contributed by atoms with Crippen molar-refractivity contribution >= 4 is 0 Å². The lowest BCUT2D eigenvalue weighted by atomic mass is 10.1. The van der Waals surface area contributed by atoms with Crippen LogP contribution >= 0.6 is 0 Å². The Labute approximate surface area is 106 Å². The van der Waals surface area contributed by atoms with Crippen LogP contribution in [0.4, 0.5) is 8.78 Å². The van der Waals surface area contributed by atoms with Gasteiger partial charge in [-0.2, -0.15) is 5.10 Å². The molecule has 104 valence electrons. The fourth-order valence-electron chi connectivity index (χ4n) is 2.04.